The second-order valence-corrected chi connectivity index (χ2v) is 5.17. The van der Waals surface area contributed by atoms with Gasteiger partial charge in [-0.1, -0.05) is 19.4 Å². The van der Waals surface area contributed by atoms with Crippen LogP contribution in [-0.4, -0.2) is 23.7 Å². The zero-order valence-electron chi connectivity index (χ0n) is 10.5. The monoisotopic (exact) mass is 225 g/mol. The normalized spacial score (nSPS) is 31.4. The molecule has 0 aromatic heterocycles. The van der Waals surface area contributed by atoms with Gasteiger partial charge in [0.05, 0.1) is 0 Å². The molecule has 3 nitrogen and oxygen atoms in total. The molecule has 3 atom stereocenters. The number of carboxylic acid groups (broad SMARTS) is 1. The molecular weight excluding hydrogens is 202 g/mol. The van der Waals surface area contributed by atoms with Gasteiger partial charge in [0.2, 0.25) is 0 Å². The van der Waals surface area contributed by atoms with Crippen LogP contribution in [-0.2, 0) is 4.79 Å². The van der Waals surface area contributed by atoms with E-state index in [4.69, 9.17) is 5.11 Å². The summed E-state index contributed by atoms with van der Waals surface area (Å²) in [5.41, 5.74) is 0.888. The Hall–Kier alpha value is -0.830. The zero-order valence-corrected chi connectivity index (χ0v) is 10.5. The first-order valence-corrected chi connectivity index (χ1v) is 6.12. The van der Waals surface area contributed by atoms with E-state index in [1.807, 2.05) is 6.92 Å². The van der Waals surface area contributed by atoms with Crippen molar-refractivity contribution in [3.63, 3.8) is 0 Å². The first-order chi connectivity index (χ1) is 7.49. The molecule has 0 aromatic rings. The van der Waals surface area contributed by atoms with Crippen LogP contribution in [0.1, 0.15) is 40.0 Å². The fourth-order valence-corrected chi connectivity index (χ4v) is 2.30. The van der Waals surface area contributed by atoms with Crippen LogP contribution in [0.4, 0.5) is 0 Å². The van der Waals surface area contributed by atoms with Crippen molar-refractivity contribution < 1.29 is 9.90 Å². The number of hydrogen-bond acceptors (Lipinski definition) is 2. The van der Waals surface area contributed by atoms with Gasteiger partial charge in [0, 0.05) is 18.7 Å². The van der Waals surface area contributed by atoms with Crippen LogP contribution < -0.4 is 5.32 Å². The van der Waals surface area contributed by atoms with Crippen LogP contribution in [0.15, 0.2) is 11.6 Å². The Labute approximate surface area is 97.9 Å². The number of nitrogens with one attached hydrogen (secondary N) is 1. The average Bonchev–Trinajstić information content (AvgIpc) is 2.19. The van der Waals surface area contributed by atoms with E-state index >= 15 is 0 Å². The van der Waals surface area contributed by atoms with E-state index in [0.717, 1.165) is 17.4 Å². The van der Waals surface area contributed by atoms with Crippen LogP contribution in [0.25, 0.3) is 0 Å². The van der Waals surface area contributed by atoms with Crippen molar-refractivity contribution in [3.8, 4) is 0 Å². The summed E-state index contributed by atoms with van der Waals surface area (Å²) in [6, 6.07) is 0.559. The molecule has 3 unspecified atom stereocenters. The van der Waals surface area contributed by atoms with Crippen LogP contribution in [0, 0.1) is 11.8 Å². The fourth-order valence-electron chi connectivity index (χ4n) is 2.30. The quantitative estimate of drug-likeness (QED) is 0.722. The van der Waals surface area contributed by atoms with E-state index in [0.29, 0.717) is 12.6 Å². The minimum Gasteiger partial charge on any atom is -0.478 e. The minimum atomic E-state index is -0.857. The van der Waals surface area contributed by atoms with Crippen LogP contribution in [0.5, 0.6) is 0 Å². The van der Waals surface area contributed by atoms with Gasteiger partial charge in [-0.3, -0.25) is 0 Å². The maximum atomic E-state index is 10.5. The lowest BCUT2D eigenvalue weighted by Crippen LogP contribution is -2.37. The molecule has 1 aliphatic carbocycles. The first kappa shape index (κ1) is 13.2. The van der Waals surface area contributed by atoms with E-state index in [2.05, 4.69) is 19.2 Å². The Morgan fingerprint density at radius 2 is 2.06 bits per heavy atom. The van der Waals surface area contributed by atoms with Gasteiger partial charge in [-0.05, 0) is 38.0 Å². The molecule has 0 heterocycles. The summed E-state index contributed by atoms with van der Waals surface area (Å²) in [5.74, 6) is 0.744. The summed E-state index contributed by atoms with van der Waals surface area (Å²) in [4.78, 5) is 10.5. The summed E-state index contributed by atoms with van der Waals surface area (Å²) in [6.07, 6.45) is 4.98. The number of aliphatic carboxylic acids is 1. The van der Waals surface area contributed by atoms with Gasteiger partial charge in [0.25, 0.3) is 0 Å². The molecule has 16 heavy (non-hydrogen) atoms. The predicted molar refractivity (Wildman–Crippen MR) is 65.4 cm³/mol. The zero-order chi connectivity index (χ0) is 12.1. The molecule has 1 rings (SSSR count). The topological polar surface area (TPSA) is 49.3 Å². The third-order valence-corrected chi connectivity index (χ3v) is 3.64. The predicted octanol–water partition coefficient (Wildman–Crippen LogP) is 2.43. The SMILES string of the molecule is CC(=CC(=O)O)CNC1CCC(C)C(C)C1. The largest absolute Gasteiger partial charge is 0.478 e. The lowest BCUT2D eigenvalue weighted by molar-refractivity contribution is -0.131. The average molecular weight is 225 g/mol. The van der Waals surface area contributed by atoms with Crippen LogP contribution >= 0.6 is 0 Å². The maximum absolute atomic E-state index is 10.5. The van der Waals surface area contributed by atoms with Crippen LogP contribution in [0.2, 0.25) is 0 Å². The highest BCUT2D eigenvalue weighted by Crippen LogP contribution is 2.29. The molecule has 0 radical (unpaired) electrons. The highest BCUT2D eigenvalue weighted by molar-refractivity contribution is 5.80. The van der Waals surface area contributed by atoms with E-state index < -0.39 is 5.97 Å². The number of hydrogen-bond donors (Lipinski definition) is 2. The van der Waals surface area contributed by atoms with Crippen molar-refractivity contribution in [1.82, 2.24) is 5.32 Å². The molecule has 0 amide bonds. The van der Waals surface area contributed by atoms with Crippen molar-refractivity contribution in [2.45, 2.75) is 46.1 Å². The molecule has 92 valence electrons. The van der Waals surface area contributed by atoms with Crippen molar-refractivity contribution in [3.05, 3.63) is 11.6 Å². The van der Waals surface area contributed by atoms with Gasteiger partial charge in [-0.2, -0.15) is 0 Å². The molecule has 0 aliphatic heterocycles. The molecule has 0 saturated heterocycles. The van der Waals surface area contributed by atoms with Crippen molar-refractivity contribution in [2.24, 2.45) is 11.8 Å². The van der Waals surface area contributed by atoms with E-state index in [9.17, 15) is 4.79 Å². The molecule has 2 N–H and O–H groups in total. The van der Waals surface area contributed by atoms with Crippen molar-refractivity contribution in [2.75, 3.05) is 6.54 Å². The van der Waals surface area contributed by atoms with Crippen LogP contribution in [0.3, 0.4) is 0 Å². The Morgan fingerprint density at radius 1 is 1.38 bits per heavy atom. The Kier molecular flexibility index (Phi) is 5.00. The van der Waals surface area contributed by atoms with E-state index in [1.54, 1.807) is 0 Å². The van der Waals surface area contributed by atoms with E-state index in [1.165, 1.54) is 25.3 Å². The fraction of sp³-hybridized carbons (Fsp3) is 0.769. The highest BCUT2D eigenvalue weighted by atomic mass is 16.4. The number of carboxylic acids is 1. The third-order valence-electron chi connectivity index (χ3n) is 3.64. The smallest absolute Gasteiger partial charge is 0.328 e. The van der Waals surface area contributed by atoms with Gasteiger partial charge in [0.1, 0.15) is 0 Å². The molecule has 0 aromatic carbocycles. The molecule has 0 spiro atoms. The van der Waals surface area contributed by atoms with Gasteiger partial charge < -0.3 is 10.4 Å². The third kappa shape index (κ3) is 4.35. The summed E-state index contributed by atoms with van der Waals surface area (Å²) in [5, 5.41) is 12.0. The molecule has 1 saturated carbocycles. The standard InChI is InChI=1S/C13H23NO2/c1-9(6-13(15)16)8-14-12-5-4-10(2)11(3)7-12/h6,10-12,14H,4-5,7-8H2,1-3H3,(H,15,16). The summed E-state index contributed by atoms with van der Waals surface area (Å²) >= 11 is 0. The highest BCUT2D eigenvalue weighted by Gasteiger charge is 2.23. The number of carbonyl (C=O) groups is 1. The summed E-state index contributed by atoms with van der Waals surface area (Å²) in [7, 11) is 0. The first-order valence-electron chi connectivity index (χ1n) is 6.12. The summed E-state index contributed by atoms with van der Waals surface area (Å²) in [6.45, 7) is 7.17. The molecule has 1 aliphatic rings. The lowest BCUT2D eigenvalue weighted by atomic mass is 9.79. The second kappa shape index (κ2) is 6.04. The molecule has 3 heteroatoms. The Morgan fingerprint density at radius 3 is 2.62 bits per heavy atom. The molecule has 1 fully saturated rings. The van der Waals surface area contributed by atoms with Crippen molar-refractivity contribution in [1.29, 1.82) is 0 Å². The van der Waals surface area contributed by atoms with Gasteiger partial charge in [-0.15, -0.1) is 0 Å². The lowest BCUT2D eigenvalue weighted by Gasteiger charge is -2.32. The minimum absolute atomic E-state index is 0.559. The molecular formula is C13H23NO2. The van der Waals surface area contributed by atoms with Crippen molar-refractivity contribution >= 4 is 5.97 Å². The molecule has 0 bridgehead atoms. The Balaban J connectivity index is 2.31. The number of rotatable bonds is 4. The second-order valence-electron chi connectivity index (χ2n) is 5.17. The van der Waals surface area contributed by atoms with E-state index in [-0.39, 0.29) is 0 Å². The van der Waals surface area contributed by atoms with Gasteiger partial charge >= 0.3 is 5.97 Å². The summed E-state index contributed by atoms with van der Waals surface area (Å²) < 4.78 is 0. The maximum Gasteiger partial charge on any atom is 0.328 e. The van der Waals surface area contributed by atoms with Gasteiger partial charge in [0.15, 0.2) is 0 Å². The Bertz CT molecular complexity index is 273. The van der Waals surface area contributed by atoms with Gasteiger partial charge in [-0.25, -0.2) is 4.79 Å².